The van der Waals surface area contributed by atoms with Crippen LogP contribution in [-0.2, 0) is 15.1 Å². The second kappa shape index (κ2) is 16.3. The molecule has 1 saturated heterocycles. The molecule has 0 bridgehead atoms. The molecule has 1 heterocycles. The van der Waals surface area contributed by atoms with Gasteiger partial charge in [0.15, 0.2) is 0 Å². The van der Waals surface area contributed by atoms with E-state index in [0.717, 1.165) is 26.3 Å². The maximum atomic E-state index is 8.74. The molecule has 0 aromatic heterocycles. The van der Waals surface area contributed by atoms with E-state index in [-0.39, 0.29) is 0 Å². The summed E-state index contributed by atoms with van der Waals surface area (Å²) in [5.41, 5.74) is 0. The summed E-state index contributed by atoms with van der Waals surface area (Å²) in [4.78, 5) is 2.27. The molecular weight excluding hydrogens is 259 g/mol. The Kier molecular flexibility index (Phi) is 21.5. The molecule has 0 aromatic rings. The van der Waals surface area contributed by atoms with Crippen LogP contribution in [0, 0.1) is 11.3 Å². The van der Waals surface area contributed by atoms with E-state index in [1.54, 1.807) is 6.07 Å². The number of rotatable bonds is 0. The fourth-order valence-corrected chi connectivity index (χ4v) is 0.655. The Morgan fingerprint density at radius 1 is 1.29 bits per heavy atom. The van der Waals surface area contributed by atoms with E-state index >= 15 is 0 Å². The van der Waals surface area contributed by atoms with Gasteiger partial charge in [-0.2, -0.15) is 13.7 Å². The van der Waals surface area contributed by atoms with Gasteiger partial charge < -0.3 is 9.64 Å². The third-order valence-electron chi connectivity index (χ3n) is 1.23. The summed E-state index contributed by atoms with van der Waals surface area (Å²) in [5, 5.41) is 7.32. The summed E-state index contributed by atoms with van der Waals surface area (Å²) in [7, 11) is -2.55. The number of ether oxygens (including phenoxy) is 1. The Morgan fingerprint density at radius 3 is 1.65 bits per heavy atom. The topological polar surface area (TPSA) is 111 Å². The first-order chi connectivity index (χ1) is 7.81. The van der Waals surface area contributed by atoms with E-state index in [9.17, 15) is 0 Å². The van der Waals surface area contributed by atoms with Crippen LogP contribution in [0.3, 0.4) is 0 Å². The molecule has 2 N–H and O–H groups in total. The molecule has 0 saturated carbocycles. The molecule has 0 unspecified atom stereocenters. The summed E-state index contributed by atoms with van der Waals surface area (Å²) in [6, 6.07) is 1.75. The second-order valence-corrected chi connectivity index (χ2v) is 3.48. The fraction of sp³-hybridized carbons (Fsp3) is 0.875. The zero-order valence-corrected chi connectivity index (χ0v) is 13.6. The van der Waals surface area contributed by atoms with Crippen LogP contribution < -0.4 is 0 Å². The Balaban J connectivity index is -0.000000174. The number of likely N-dealkylation sites (N-methyl/N-ethyl adjacent to an activating group) is 1. The molecule has 7 nitrogen and oxygen atoms in total. The van der Waals surface area contributed by atoms with Gasteiger partial charge in [0.25, 0.3) is 0 Å². The van der Waals surface area contributed by atoms with Gasteiger partial charge in [-0.1, -0.05) is 0 Å². The zero-order valence-electron chi connectivity index (χ0n) is 10.8. The number of hydrogen-bond donors (Lipinski definition) is 2. The van der Waals surface area contributed by atoms with E-state index in [4.69, 9.17) is 27.5 Å². The van der Waals surface area contributed by atoms with Crippen molar-refractivity contribution in [1.29, 1.82) is 5.26 Å². The Morgan fingerprint density at radius 2 is 1.53 bits per heavy atom. The van der Waals surface area contributed by atoms with E-state index in [1.807, 2.05) is 0 Å². The molecule has 1 aliphatic rings. The first-order valence-corrected chi connectivity index (χ1v) is 8.48. The van der Waals surface area contributed by atoms with E-state index in [1.165, 1.54) is 34.9 Å². The SMILES string of the molecule is CC#N.CN1CCOCC1.O=S(=O)(O)O.[CH3][Na]. The molecule has 0 aliphatic carbocycles. The van der Waals surface area contributed by atoms with Crippen molar-refractivity contribution >= 4 is 38.3 Å². The normalized spacial score (nSPS) is 14.7. The van der Waals surface area contributed by atoms with Crippen LogP contribution in [0.25, 0.3) is 0 Å². The number of nitriles is 1. The van der Waals surface area contributed by atoms with Gasteiger partial charge >= 0.3 is 42.5 Å². The van der Waals surface area contributed by atoms with Crippen LogP contribution in [0.15, 0.2) is 0 Å². The van der Waals surface area contributed by atoms with Crippen LogP contribution in [0.4, 0.5) is 0 Å². The zero-order chi connectivity index (χ0) is 14.3. The van der Waals surface area contributed by atoms with Crippen molar-refractivity contribution in [3.8, 4) is 6.07 Å². The predicted octanol–water partition coefficient (Wildman–Crippen LogP) is 0.0285. The molecule has 1 fully saturated rings. The summed E-state index contributed by atoms with van der Waals surface area (Å²) < 4.78 is 38.8. The number of hydrogen-bond acceptors (Lipinski definition) is 5. The van der Waals surface area contributed by atoms with Gasteiger partial charge in [0, 0.05) is 20.0 Å². The molecular formula is C8H19N2NaO5S. The quantitative estimate of drug-likeness (QED) is 0.475. The van der Waals surface area contributed by atoms with Crippen LogP contribution in [0.2, 0.25) is 4.17 Å². The van der Waals surface area contributed by atoms with Crippen molar-refractivity contribution in [2.24, 2.45) is 0 Å². The molecule has 1 rings (SSSR count). The Bertz CT molecular complexity index is 264. The molecule has 0 atom stereocenters. The fourth-order valence-electron chi connectivity index (χ4n) is 0.655. The van der Waals surface area contributed by atoms with Crippen LogP contribution in [0.5, 0.6) is 0 Å². The first-order valence-electron chi connectivity index (χ1n) is 5.08. The molecule has 9 heteroatoms. The van der Waals surface area contributed by atoms with E-state index < -0.39 is 10.4 Å². The van der Waals surface area contributed by atoms with Crippen molar-refractivity contribution in [2.45, 2.75) is 11.1 Å². The van der Waals surface area contributed by atoms with Gasteiger partial charge in [-0.15, -0.1) is 0 Å². The van der Waals surface area contributed by atoms with Crippen molar-refractivity contribution in [2.75, 3.05) is 33.4 Å². The Labute approximate surface area is 121 Å². The van der Waals surface area contributed by atoms with Gasteiger partial charge in [-0.25, -0.2) is 0 Å². The van der Waals surface area contributed by atoms with Gasteiger partial charge in [-0.05, 0) is 7.05 Å². The monoisotopic (exact) mass is 278 g/mol. The summed E-state index contributed by atoms with van der Waals surface area (Å²) in [6.07, 6.45) is 0. The average molecular weight is 278 g/mol. The van der Waals surface area contributed by atoms with Crippen molar-refractivity contribution in [1.82, 2.24) is 4.90 Å². The van der Waals surface area contributed by atoms with Gasteiger partial charge in [0.05, 0.1) is 19.3 Å². The standard InChI is InChI=1S/C5H11NO.C2H3N.CH3.Na.H2O4S/c1-6-2-4-7-5-3-6;1-2-3;;;1-5(2,3)4/h2-5H2,1H3;1H3;1H3;;(H2,1,2,3,4). The second-order valence-electron chi connectivity index (χ2n) is 2.59. The van der Waals surface area contributed by atoms with E-state index in [0.29, 0.717) is 0 Å². The molecule has 0 radical (unpaired) electrons. The van der Waals surface area contributed by atoms with Crippen molar-refractivity contribution < 1.29 is 22.3 Å². The summed E-state index contributed by atoms with van der Waals surface area (Å²) in [6.45, 7) is 5.45. The number of morpholine rings is 1. The average Bonchev–Trinajstić information content (AvgIpc) is 2.20. The van der Waals surface area contributed by atoms with E-state index in [2.05, 4.69) is 16.1 Å². The van der Waals surface area contributed by atoms with Crippen molar-refractivity contribution in [3.05, 3.63) is 0 Å². The number of nitrogens with zero attached hydrogens (tertiary/aromatic N) is 2. The predicted molar refractivity (Wildman–Crippen MR) is 65.4 cm³/mol. The molecule has 0 aromatic carbocycles. The molecule has 17 heavy (non-hydrogen) atoms. The molecule has 98 valence electrons. The third kappa shape index (κ3) is 48.4. The molecule has 0 amide bonds. The van der Waals surface area contributed by atoms with Crippen LogP contribution >= 0.6 is 0 Å². The minimum atomic E-state index is -4.67. The first kappa shape index (κ1) is 22.5. The molecule has 1 aliphatic heterocycles. The van der Waals surface area contributed by atoms with Gasteiger partial charge in [0.2, 0.25) is 0 Å². The minimum absolute atomic E-state index is 0.913. The maximum absolute atomic E-state index is 8.74. The third-order valence-corrected chi connectivity index (χ3v) is 1.23. The van der Waals surface area contributed by atoms with Crippen LogP contribution in [0.1, 0.15) is 6.92 Å². The Hall–Kier alpha value is 0.280. The summed E-state index contributed by atoms with van der Waals surface area (Å²) in [5.74, 6) is 0. The summed E-state index contributed by atoms with van der Waals surface area (Å²) >= 11 is 1.31. The van der Waals surface area contributed by atoms with Gasteiger partial charge in [0.1, 0.15) is 0 Å². The van der Waals surface area contributed by atoms with Crippen molar-refractivity contribution in [3.63, 3.8) is 0 Å². The van der Waals surface area contributed by atoms with Gasteiger partial charge in [-0.3, -0.25) is 9.11 Å². The van der Waals surface area contributed by atoms with Crippen LogP contribution in [-0.4, -0.2) is 83.7 Å². The molecule has 0 spiro atoms.